The maximum absolute atomic E-state index is 5.55. The van der Waals surface area contributed by atoms with E-state index in [1.54, 1.807) is 6.33 Å². The number of imidazole rings is 1. The fraction of sp³-hybridized carbons (Fsp3) is 0.214. The van der Waals surface area contributed by atoms with E-state index < -0.39 is 0 Å². The van der Waals surface area contributed by atoms with Crippen LogP contribution in [0.15, 0.2) is 42.9 Å². The number of aromatic nitrogens is 5. The molecule has 0 aliphatic carbocycles. The molecule has 0 bridgehead atoms. The number of nitrogens with two attached hydrogens (primary N) is 1. The predicted molar refractivity (Wildman–Crippen MR) is 76.4 cm³/mol. The number of nitrogens with zero attached hydrogens (tertiary/aromatic N) is 5. The number of aryl methyl sites for hydroxylation is 1. The first-order valence-corrected chi connectivity index (χ1v) is 6.49. The molecule has 6 nitrogen and oxygen atoms in total. The second-order valence-corrected chi connectivity index (χ2v) is 4.53. The summed E-state index contributed by atoms with van der Waals surface area (Å²) in [6, 6.07) is 10.0. The van der Waals surface area contributed by atoms with Gasteiger partial charge in [-0.05, 0) is 19.1 Å². The average molecular weight is 268 g/mol. The van der Waals surface area contributed by atoms with Crippen molar-refractivity contribution < 1.29 is 0 Å². The normalized spacial score (nSPS) is 10.9. The summed E-state index contributed by atoms with van der Waals surface area (Å²) in [7, 11) is 0. The summed E-state index contributed by atoms with van der Waals surface area (Å²) in [5, 5.41) is 8.41. The van der Waals surface area contributed by atoms with E-state index in [4.69, 9.17) is 5.73 Å². The van der Waals surface area contributed by atoms with Crippen LogP contribution in [-0.4, -0.2) is 30.9 Å². The molecule has 2 N–H and O–H groups in total. The van der Waals surface area contributed by atoms with Crippen molar-refractivity contribution in [2.24, 2.45) is 5.73 Å². The van der Waals surface area contributed by atoms with Gasteiger partial charge in [-0.1, -0.05) is 18.2 Å². The van der Waals surface area contributed by atoms with Crippen molar-refractivity contribution in [3.05, 3.63) is 48.7 Å². The van der Waals surface area contributed by atoms with Crippen molar-refractivity contribution in [2.75, 3.05) is 6.54 Å². The first kappa shape index (κ1) is 12.6. The van der Waals surface area contributed by atoms with Gasteiger partial charge in [0, 0.05) is 25.0 Å². The van der Waals surface area contributed by atoms with Crippen LogP contribution in [0.4, 0.5) is 0 Å². The Balaban J connectivity index is 2.06. The Morgan fingerprint density at radius 1 is 1.15 bits per heavy atom. The molecule has 0 spiro atoms. The van der Waals surface area contributed by atoms with Gasteiger partial charge < -0.3 is 10.3 Å². The third-order valence-electron chi connectivity index (χ3n) is 3.09. The highest BCUT2D eigenvalue weighted by molar-refractivity contribution is 5.53. The lowest BCUT2D eigenvalue weighted by atomic mass is 10.3. The zero-order valence-corrected chi connectivity index (χ0v) is 11.3. The molecular weight excluding hydrogens is 252 g/mol. The summed E-state index contributed by atoms with van der Waals surface area (Å²) in [5.41, 5.74) is 7.37. The van der Waals surface area contributed by atoms with Crippen LogP contribution in [0.2, 0.25) is 0 Å². The molecule has 0 saturated carbocycles. The number of para-hydroxylation sites is 1. The Bertz CT molecular complexity index is 698. The summed E-state index contributed by atoms with van der Waals surface area (Å²) in [6.45, 7) is 3.26. The van der Waals surface area contributed by atoms with E-state index in [1.165, 1.54) is 0 Å². The molecule has 102 valence electrons. The lowest BCUT2D eigenvalue weighted by Gasteiger charge is -2.06. The standard InChI is InChI=1S/C14H16N6/c1-11-17-18-14(13-9-19(8-7-15)10-16-13)20(11)12-5-3-2-4-6-12/h2-6,9-10H,7-8,15H2,1H3. The highest BCUT2D eigenvalue weighted by Crippen LogP contribution is 2.20. The van der Waals surface area contributed by atoms with Gasteiger partial charge in [-0.25, -0.2) is 4.98 Å². The maximum atomic E-state index is 5.55. The monoisotopic (exact) mass is 268 g/mol. The second-order valence-electron chi connectivity index (χ2n) is 4.53. The van der Waals surface area contributed by atoms with Crippen molar-refractivity contribution in [3.63, 3.8) is 0 Å². The van der Waals surface area contributed by atoms with Crippen molar-refractivity contribution in [1.29, 1.82) is 0 Å². The van der Waals surface area contributed by atoms with Gasteiger partial charge in [-0.15, -0.1) is 10.2 Å². The predicted octanol–water partition coefficient (Wildman–Crippen LogP) is 1.40. The molecule has 0 aliphatic heterocycles. The molecule has 3 rings (SSSR count). The molecule has 0 radical (unpaired) electrons. The van der Waals surface area contributed by atoms with Gasteiger partial charge in [0.05, 0.1) is 6.33 Å². The molecule has 20 heavy (non-hydrogen) atoms. The Morgan fingerprint density at radius 2 is 1.95 bits per heavy atom. The van der Waals surface area contributed by atoms with Gasteiger partial charge in [0.1, 0.15) is 11.5 Å². The van der Waals surface area contributed by atoms with Crippen LogP contribution in [0.3, 0.4) is 0 Å². The van der Waals surface area contributed by atoms with E-state index in [1.807, 2.05) is 52.6 Å². The Hall–Kier alpha value is -2.47. The minimum atomic E-state index is 0.584. The zero-order chi connectivity index (χ0) is 13.9. The van der Waals surface area contributed by atoms with E-state index in [0.29, 0.717) is 6.54 Å². The smallest absolute Gasteiger partial charge is 0.188 e. The van der Waals surface area contributed by atoms with Crippen LogP contribution < -0.4 is 5.73 Å². The lowest BCUT2D eigenvalue weighted by Crippen LogP contribution is -2.07. The quantitative estimate of drug-likeness (QED) is 0.776. The van der Waals surface area contributed by atoms with Crippen LogP contribution in [0, 0.1) is 6.92 Å². The minimum absolute atomic E-state index is 0.584. The molecule has 0 fully saturated rings. The molecule has 6 heteroatoms. The van der Waals surface area contributed by atoms with Gasteiger partial charge >= 0.3 is 0 Å². The largest absolute Gasteiger partial charge is 0.335 e. The van der Waals surface area contributed by atoms with Crippen molar-refractivity contribution >= 4 is 0 Å². The number of hydrogen-bond acceptors (Lipinski definition) is 4. The first-order chi connectivity index (χ1) is 9.79. The topological polar surface area (TPSA) is 74.6 Å². The van der Waals surface area contributed by atoms with Gasteiger partial charge in [-0.2, -0.15) is 0 Å². The van der Waals surface area contributed by atoms with Gasteiger partial charge in [0.2, 0.25) is 0 Å². The Morgan fingerprint density at radius 3 is 2.70 bits per heavy atom. The molecule has 1 aromatic carbocycles. The van der Waals surface area contributed by atoms with Crippen molar-refractivity contribution in [2.45, 2.75) is 13.5 Å². The van der Waals surface area contributed by atoms with Crippen molar-refractivity contribution in [1.82, 2.24) is 24.3 Å². The van der Waals surface area contributed by atoms with Crippen LogP contribution in [0.25, 0.3) is 17.2 Å². The Labute approximate surface area is 116 Å². The molecule has 2 heterocycles. The summed E-state index contributed by atoms with van der Waals surface area (Å²) in [5.74, 6) is 1.57. The molecule has 0 aliphatic rings. The fourth-order valence-corrected chi connectivity index (χ4v) is 2.16. The first-order valence-electron chi connectivity index (χ1n) is 6.49. The lowest BCUT2D eigenvalue weighted by molar-refractivity contribution is 0.708. The second kappa shape index (κ2) is 5.26. The average Bonchev–Trinajstić information content (AvgIpc) is 3.07. The van der Waals surface area contributed by atoms with Crippen LogP contribution in [-0.2, 0) is 6.54 Å². The van der Waals surface area contributed by atoms with Crippen molar-refractivity contribution in [3.8, 4) is 17.2 Å². The van der Waals surface area contributed by atoms with Crippen LogP contribution in [0.1, 0.15) is 5.82 Å². The number of hydrogen-bond donors (Lipinski definition) is 1. The van der Waals surface area contributed by atoms with E-state index in [0.717, 1.165) is 29.6 Å². The van der Waals surface area contributed by atoms with Gasteiger partial charge in [0.15, 0.2) is 5.82 Å². The molecule has 0 amide bonds. The van der Waals surface area contributed by atoms with E-state index in [9.17, 15) is 0 Å². The van der Waals surface area contributed by atoms with Crippen LogP contribution in [0.5, 0.6) is 0 Å². The highest BCUT2D eigenvalue weighted by Gasteiger charge is 2.14. The number of rotatable bonds is 4. The van der Waals surface area contributed by atoms with Gasteiger partial charge in [0.25, 0.3) is 0 Å². The fourth-order valence-electron chi connectivity index (χ4n) is 2.16. The molecule has 0 unspecified atom stereocenters. The third kappa shape index (κ3) is 2.21. The zero-order valence-electron chi connectivity index (χ0n) is 11.3. The summed E-state index contributed by atoms with van der Waals surface area (Å²) in [4.78, 5) is 4.39. The highest BCUT2D eigenvalue weighted by atomic mass is 15.3. The molecule has 0 atom stereocenters. The molecule has 0 saturated heterocycles. The minimum Gasteiger partial charge on any atom is -0.335 e. The van der Waals surface area contributed by atoms with Gasteiger partial charge in [-0.3, -0.25) is 4.57 Å². The Kier molecular flexibility index (Phi) is 3.30. The summed E-state index contributed by atoms with van der Waals surface area (Å²) >= 11 is 0. The van der Waals surface area contributed by atoms with E-state index in [-0.39, 0.29) is 0 Å². The maximum Gasteiger partial charge on any atom is 0.188 e. The van der Waals surface area contributed by atoms with E-state index >= 15 is 0 Å². The summed E-state index contributed by atoms with van der Waals surface area (Å²) in [6.07, 6.45) is 3.71. The summed E-state index contributed by atoms with van der Waals surface area (Å²) < 4.78 is 3.95. The molecule has 2 aromatic heterocycles. The molecule has 3 aromatic rings. The number of benzene rings is 1. The third-order valence-corrected chi connectivity index (χ3v) is 3.09. The van der Waals surface area contributed by atoms with Crippen LogP contribution >= 0.6 is 0 Å². The van der Waals surface area contributed by atoms with E-state index in [2.05, 4.69) is 15.2 Å². The molecular formula is C14H16N6. The SMILES string of the molecule is Cc1nnc(-c2cn(CCN)cn2)n1-c1ccccc1.